The lowest BCUT2D eigenvalue weighted by Crippen LogP contribution is -2.54. The number of carbonyl (C=O) groups excluding carboxylic acids is 1. The van der Waals surface area contributed by atoms with Crippen LogP contribution in [0.25, 0.3) is 0 Å². The Labute approximate surface area is 268 Å². The monoisotopic (exact) mass is 653 g/mol. The number of rotatable bonds is 8. The van der Waals surface area contributed by atoms with Crippen molar-refractivity contribution in [3.63, 3.8) is 0 Å². The van der Waals surface area contributed by atoms with Gasteiger partial charge in [0.2, 0.25) is 0 Å². The van der Waals surface area contributed by atoms with Crippen molar-refractivity contribution in [3.05, 3.63) is 99.0 Å². The van der Waals surface area contributed by atoms with Gasteiger partial charge in [-0.3, -0.25) is 14.8 Å². The molecule has 3 aromatic rings. The van der Waals surface area contributed by atoms with Crippen molar-refractivity contribution >= 4 is 44.9 Å². The first-order chi connectivity index (χ1) is 21.1. The van der Waals surface area contributed by atoms with E-state index in [1.807, 2.05) is 31.2 Å². The third-order valence-corrected chi connectivity index (χ3v) is 9.20. The number of nitrogens with zero attached hydrogens (tertiary/aromatic N) is 5. The van der Waals surface area contributed by atoms with Crippen LogP contribution in [0.2, 0.25) is 10.0 Å². The van der Waals surface area contributed by atoms with Gasteiger partial charge in [-0.1, -0.05) is 47.5 Å². The second-order valence-corrected chi connectivity index (χ2v) is 13.9. The molecule has 0 bridgehead atoms. The van der Waals surface area contributed by atoms with Crippen molar-refractivity contribution in [1.82, 2.24) is 14.7 Å². The van der Waals surface area contributed by atoms with Crippen LogP contribution in [0.1, 0.15) is 41.3 Å². The maximum atomic E-state index is 14.6. The van der Waals surface area contributed by atoms with E-state index in [9.17, 15) is 18.5 Å². The SMILES string of the molecule is CCOc1cc(C#N)ccc1C1=N[C@@H](c2ccc(Cl)cc2)[C@@H](c2ccc(Cl)cc2)N1C(=O)N1CCN(CCS(C)(=O)=O)CC1. The topological polar surface area (TPSA) is 106 Å². The molecular formula is C32H33Cl2N5O4S. The van der Waals surface area contributed by atoms with Crippen molar-refractivity contribution in [2.75, 3.05) is 51.3 Å². The normalized spacial score (nSPS) is 19.0. The van der Waals surface area contributed by atoms with Crippen LogP contribution < -0.4 is 4.74 Å². The van der Waals surface area contributed by atoms with E-state index in [2.05, 4.69) is 11.0 Å². The number of benzene rings is 3. The van der Waals surface area contributed by atoms with Gasteiger partial charge in [0, 0.05) is 49.0 Å². The molecule has 2 heterocycles. The van der Waals surface area contributed by atoms with Gasteiger partial charge in [-0.05, 0) is 60.5 Å². The summed E-state index contributed by atoms with van der Waals surface area (Å²) < 4.78 is 29.4. The number of urea groups is 1. The second kappa shape index (κ2) is 13.6. The molecule has 2 aliphatic rings. The molecule has 9 nitrogen and oxygen atoms in total. The van der Waals surface area contributed by atoms with Crippen LogP contribution in [0.15, 0.2) is 71.7 Å². The van der Waals surface area contributed by atoms with E-state index in [0.717, 1.165) is 11.1 Å². The molecule has 1 saturated heterocycles. The van der Waals surface area contributed by atoms with Gasteiger partial charge in [-0.2, -0.15) is 5.26 Å². The predicted molar refractivity (Wildman–Crippen MR) is 172 cm³/mol. The predicted octanol–water partition coefficient (Wildman–Crippen LogP) is 5.59. The van der Waals surface area contributed by atoms with Crippen LogP contribution in [0, 0.1) is 11.3 Å². The molecule has 0 aromatic heterocycles. The first-order valence-corrected chi connectivity index (χ1v) is 17.1. The number of carbonyl (C=O) groups is 1. The van der Waals surface area contributed by atoms with Gasteiger partial charge in [0.05, 0.1) is 35.6 Å². The van der Waals surface area contributed by atoms with E-state index >= 15 is 0 Å². The van der Waals surface area contributed by atoms with Crippen molar-refractivity contribution in [1.29, 1.82) is 5.26 Å². The highest BCUT2D eigenvalue weighted by Gasteiger charge is 2.45. The average molecular weight is 655 g/mol. The average Bonchev–Trinajstić information content (AvgIpc) is 3.40. The van der Waals surface area contributed by atoms with Gasteiger partial charge in [0.1, 0.15) is 27.5 Å². The fraction of sp³-hybridized carbons (Fsp3) is 0.344. The summed E-state index contributed by atoms with van der Waals surface area (Å²) in [6, 6.07) is 20.9. The molecule has 1 fully saturated rings. The van der Waals surface area contributed by atoms with Crippen LogP contribution in [-0.2, 0) is 9.84 Å². The Morgan fingerprint density at radius 2 is 1.59 bits per heavy atom. The lowest BCUT2D eigenvalue weighted by Gasteiger charge is -2.39. The van der Waals surface area contributed by atoms with E-state index < -0.39 is 21.9 Å². The number of ether oxygens (including phenoxy) is 1. The maximum Gasteiger partial charge on any atom is 0.326 e. The van der Waals surface area contributed by atoms with E-state index in [-0.39, 0.29) is 11.8 Å². The Morgan fingerprint density at radius 1 is 0.977 bits per heavy atom. The van der Waals surface area contributed by atoms with Crippen LogP contribution in [0.4, 0.5) is 4.79 Å². The van der Waals surface area contributed by atoms with Crippen molar-refractivity contribution in [2.45, 2.75) is 19.0 Å². The highest BCUT2D eigenvalue weighted by Crippen LogP contribution is 2.45. The zero-order valence-corrected chi connectivity index (χ0v) is 26.8. The van der Waals surface area contributed by atoms with Crippen molar-refractivity contribution < 1.29 is 17.9 Å². The number of nitriles is 1. The highest BCUT2D eigenvalue weighted by atomic mass is 35.5. The summed E-state index contributed by atoms with van der Waals surface area (Å²) in [4.78, 5) is 25.3. The van der Waals surface area contributed by atoms with Gasteiger partial charge in [-0.25, -0.2) is 13.2 Å². The lowest BCUT2D eigenvalue weighted by molar-refractivity contribution is 0.122. The van der Waals surface area contributed by atoms with Crippen LogP contribution in [0.5, 0.6) is 5.75 Å². The summed E-state index contributed by atoms with van der Waals surface area (Å²) in [6.07, 6.45) is 1.23. The lowest BCUT2D eigenvalue weighted by atomic mass is 9.93. The van der Waals surface area contributed by atoms with Crippen LogP contribution in [0.3, 0.4) is 0 Å². The number of aliphatic imine (C=N–C) groups is 1. The quantitative estimate of drug-likeness (QED) is 0.314. The number of halogens is 2. The number of sulfone groups is 1. The number of piperazine rings is 1. The van der Waals surface area contributed by atoms with E-state index in [4.69, 9.17) is 32.9 Å². The minimum absolute atomic E-state index is 0.0736. The Bertz CT molecular complexity index is 1680. The molecule has 0 saturated carbocycles. The van der Waals surface area contributed by atoms with Crippen LogP contribution >= 0.6 is 23.2 Å². The van der Waals surface area contributed by atoms with E-state index in [1.165, 1.54) is 6.26 Å². The van der Waals surface area contributed by atoms with Crippen molar-refractivity contribution in [2.24, 2.45) is 4.99 Å². The fourth-order valence-corrected chi connectivity index (χ4v) is 6.36. The molecule has 5 rings (SSSR count). The first-order valence-electron chi connectivity index (χ1n) is 14.3. The molecule has 0 spiro atoms. The smallest absolute Gasteiger partial charge is 0.326 e. The molecule has 0 aliphatic carbocycles. The van der Waals surface area contributed by atoms with Gasteiger partial charge in [0.25, 0.3) is 0 Å². The fourth-order valence-electron chi connectivity index (χ4n) is 5.52. The molecular weight excluding hydrogens is 621 g/mol. The molecule has 2 atom stereocenters. The minimum Gasteiger partial charge on any atom is -0.493 e. The standard InChI is InChI=1S/C32H33Cl2N5O4S/c1-3-43-28-20-22(21-35)4-13-27(28)31-36-29(23-5-9-25(33)10-6-23)30(24-7-11-26(34)12-8-24)39(31)32(40)38-16-14-37(15-17-38)18-19-44(2,41)42/h4-13,20,29-30H,3,14-19H2,1-2H3/t29-,30+/m0/s1. The Morgan fingerprint density at radius 3 is 2.16 bits per heavy atom. The number of hydrogen-bond acceptors (Lipinski definition) is 7. The van der Waals surface area contributed by atoms with Gasteiger partial charge >= 0.3 is 6.03 Å². The summed E-state index contributed by atoms with van der Waals surface area (Å²) in [7, 11) is -3.09. The molecule has 12 heteroatoms. The van der Waals surface area contributed by atoms with Gasteiger partial charge < -0.3 is 9.64 Å². The Kier molecular flexibility index (Phi) is 9.81. The molecule has 0 N–H and O–H groups in total. The number of hydrogen-bond donors (Lipinski definition) is 0. The van der Waals surface area contributed by atoms with Gasteiger partial charge in [-0.15, -0.1) is 0 Å². The molecule has 230 valence electrons. The third-order valence-electron chi connectivity index (χ3n) is 7.77. The van der Waals surface area contributed by atoms with E-state index in [1.54, 1.807) is 52.3 Å². The molecule has 0 unspecified atom stereocenters. The Hall–Kier alpha value is -3.62. The molecule has 0 radical (unpaired) electrons. The third kappa shape index (κ3) is 7.19. The zero-order valence-electron chi connectivity index (χ0n) is 24.5. The second-order valence-electron chi connectivity index (χ2n) is 10.8. The zero-order chi connectivity index (χ0) is 31.4. The molecule has 3 aromatic carbocycles. The van der Waals surface area contributed by atoms with E-state index in [0.29, 0.717) is 72.1 Å². The minimum atomic E-state index is -3.09. The largest absolute Gasteiger partial charge is 0.493 e. The first kappa shape index (κ1) is 31.8. The van der Waals surface area contributed by atoms with Crippen molar-refractivity contribution in [3.8, 4) is 11.8 Å². The molecule has 2 aliphatic heterocycles. The summed E-state index contributed by atoms with van der Waals surface area (Å²) in [5.41, 5.74) is 2.75. The van der Waals surface area contributed by atoms with Gasteiger partial charge in [0.15, 0.2) is 0 Å². The number of amidine groups is 1. The van der Waals surface area contributed by atoms with Crippen LogP contribution in [-0.4, -0.2) is 86.3 Å². The summed E-state index contributed by atoms with van der Waals surface area (Å²) in [5, 5.41) is 10.7. The highest BCUT2D eigenvalue weighted by molar-refractivity contribution is 7.90. The summed E-state index contributed by atoms with van der Waals surface area (Å²) in [5.74, 6) is 0.965. The molecule has 2 amide bonds. The summed E-state index contributed by atoms with van der Waals surface area (Å²) in [6.45, 7) is 4.60. The maximum absolute atomic E-state index is 14.6. The number of amides is 2. The summed E-state index contributed by atoms with van der Waals surface area (Å²) >= 11 is 12.5. The Balaban J connectivity index is 1.58. The molecule has 44 heavy (non-hydrogen) atoms.